The van der Waals surface area contributed by atoms with Crippen molar-refractivity contribution in [3.63, 3.8) is 0 Å². The largest absolute Gasteiger partial charge is 0.514 e. The Labute approximate surface area is 102 Å². The van der Waals surface area contributed by atoms with Gasteiger partial charge in [-0.05, 0) is 38.5 Å². The predicted octanol–water partition coefficient (Wildman–Crippen LogP) is 3.62. The molecule has 0 heterocycles. The lowest BCUT2D eigenvalue weighted by Gasteiger charge is -2.18. The maximum absolute atomic E-state index is 11.4. The van der Waals surface area contributed by atoms with Crippen molar-refractivity contribution in [2.75, 3.05) is 0 Å². The van der Waals surface area contributed by atoms with E-state index in [-0.39, 0.29) is 0 Å². The van der Waals surface area contributed by atoms with Crippen molar-refractivity contribution >= 4 is 6.16 Å². The highest BCUT2D eigenvalue weighted by Crippen LogP contribution is 2.16. The van der Waals surface area contributed by atoms with Gasteiger partial charge in [-0.1, -0.05) is 18.2 Å². The molecule has 0 amide bonds. The highest BCUT2D eigenvalue weighted by atomic mass is 16.7. The summed E-state index contributed by atoms with van der Waals surface area (Å²) in [5, 5.41) is 0. The first-order chi connectivity index (χ1) is 7.90. The lowest BCUT2D eigenvalue weighted by atomic mass is 10.1. The van der Waals surface area contributed by atoms with Gasteiger partial charge in [0.25, 0.3) is 0 Å². The third-order valence-electron chi connectivity index (χ3n) is 1.71. The second-order valence-electron chi connectivity index (χ2n) is 4.44. The molecule has 90 valence electrons. The molecule has 0 atom stereocenters. The number of hydrogen-bond acceptors (Lipinski definition) is 3. The molecule has 0 fully saturated rings. The van der Waals surface area contributed by atoms with Crippen molar-refractivity contribution in [1.29, 1.82) is 0 Å². The van der Waals surface area contributed by atoms with Crippen LogP contribution in [0.5, 0.6) is 5.75 Å². The van der Waals surface area contributed by atoms with Gasteiger partial charge in [-0.15, -0.1) is 6.58 Å². The molecule has 0 saturated carbocycles. The maximum atomic E-state index is 11.4. The Morgan fingerprint density at radius 1 is 1.29 bits per heavy atom. The lowest BCUT2D eigenvalue weighted by Crippen LogP contribution is -2.25. The number of hydrogen-bond donors (Lipinski definition) is 0. The number of ether oxygens (including phenoxy) is 2. The normalized spacial score (nSPS) is 10.8. The van der Waals surface area contributed by atoms with Crippen LogP contribution in [-0.2, 0) is 4.74 Å². The monoisotopic (exact) mass is 232 g/mol. The summed E-state index contributed by atoms with van der Waals surface area (Å²) in [5.74, 6) is 0.439. The van der Waals surface area contributed by atoms with E-state index in [0.717, 1.165) is 5.56 Å². The van der Waals surface area contributed by atoms with Crippen molar-refractivity contribution in [2.24, 2.45) is 0 Å². The average Bonchev–Trinajstić information content (AvgIpc) is 2.18. The van der Waals surface area contributed by atoms with Gasteiger partial charge in [-0.2, -0.15) is 0 Å². The zero-order chi connectivity index (χ0) is 12.9. The summed E-state index contributed by atoms with van der Waals surface area (Å²) in [6.45, 7) is 8.90. The molecule has 0 unspecified atom stereocenters. The molecule has 0 aliphatic heterocycles. The Balaban J connectivity index is 2.57. The van der Waals surface area contributed by atoms with Crippen LogP contribution in [0.4, 0.5) is 4.79 Å². The van der Waals surface area contributed by atoms with E-state index in [1.54, 1.807) is 51.1 Å². The molecule has 3 nitrogen and oxygen atoms in total. The number of carbonyl (C=O) groups is 1. The first-order valence-electron chi connectivity index (χ1n) is 5.29. The van der Waals surface area contributed by atoms with E-state index >= 15 is 0 Å². The molecule has 17 heavy (non-hydrogen) atoms. The SMILES string of the molecule is C=C[C]c1ccc(OC(=O)OC(C)(C)C)cc1. The summed E-state index contributed by atoms with van der Waals surface area (Å²) >= 11 is 0. The Bertz CT molecular complexity index is 385. The van der Waals surface area contributed by atoms with E-state index in [1.807, 2.05) is 0 Å². The van der Waals surface area contributed by atoms with Gasteiger partial charge in [-0.25, -0.2) is 4.79 Å². The van der Waals surface area contributed by atoms with Crippen LogP contribution in [-0.4, -0.2) is 11.8 Å². The highest BCUT2D eigenvalue weighted by molar-refractivity contribution is 5.64. The molecule has 3 heteroatoms. The second-order valence-corrected chi connectivity index (χ2v) is 4.44. The van der Waals surface area contributed by atoms with Gasteiger partial charge in [0.1, 0.15) is 11.4 Å². The van der Waals surface area contributed by atoms with E-state index < -0.39 is 11.8 Å². The molecule has 0 N–H and O–H groups in total. The zero-order valence-electron chi connectivity index (χ0n) is 10.3. The van der Waals surface area contributed by atoms with Crippen LogP contribution in [0.3, 0.4) is 0 Å². The van der Waals surface area contributed by atoms with Crippen LogP contribution in [0.1, 0.15) is 26.3 Å². The molecule has 0 spiro atoms. The van der Waals surface area contributed by atoms with E-state index in [4.69, 9.17) is 9.47 Å². The second kappa shape index (κ2) is 5.53. The first kappa shape index (κ1) is 13.3. The van der Waals surface area contributed by atoms with Gasteiger partial charge in [0.15, 0.2) is 0 Å². The van der Waals surface area contributed by atoms with Gasteiger partial charge < -0.3 is 9.47 Å². The van der Waals surface area contributed by atoms with Gasteiger partial charge in [0.2, 0.25) is 0 Å². The van der Waals surface area contributed by atoms with Crippen molar-refractivity contribution in [3.8, 4) is 5.75 Å². The fourth-order valence-electron chi connectivity index (χ4n) is 1.10. The van der Waals surface area contributed by atoms with Crippen molar-refractivity contribution < 1.29 is 14.3 Å². The molecule has 1 aromatic rings. The minimum atomic E-state index is -0.707. The number of allylic oxidation sites excluding steroid dienone is 1. The highest BCUT2D eigenvalue weighted by Gasteiger charge is 2.17. The Morgan fingerprint density at radius 3 is 2.35 bits per heavy atom. The molecule has 0 bridgehead atoms. The quantitative estimate of drug-likeness (QED) is 0.590. The number of carbonyl (C=O) groups excluding carboxylic acids is 1. The number of benzene rings is 1. The molecule has 0 aliphatic rings. The van der Waals surface area contributed by atoms with E-state index in [0.29, 0.717) is 5.75 Å². The van der Waals surface area contributed by atoms with Crippen molar-refractivity contribution in [1.82, 2.24) is 0 Å². The zero-order valence-corrected chi connectivity index (χ0v) is 10.3. The van der Waals surface area contributed by atoms with Crippen LogP contribution in [0.25, 0.3) is 0 Å². The predicted molar refractivity (Wildman–Crippen MR) is 65.8 cm³/mol. The molecular formula is C14H16O3. The van der Waals surface area contributed by atoms with E-state index in [1.165, 1.54) is 0 Å². The molecule has 0 saturated heterocycles. The summed E-state index contributed by atoms with van der Waals surface area (Å²) in [7, 11) is 0. The fourth-order valence-corrected chi connectivity index (χ4v) is 1.10. The summed E-state index contributed by atoms with van der Waals surface area (Å²) in [5.41, 5.74) is 0.318. The van der Waals surface area contributed by atoms with E-state index in [9.17, 15) is 4.79 Å². The van der Waals surface area contributed by atoms with Crippen molar-refractivity contribution in [3.05, 3.63) is 48.9 Å². The van der Waals surface area contributed by atoms with Crippen LogP contribution < -0.4 is 4.74 Å². The van der Waals surface area contributed by atoms with Gasteiger partial charge in [-0.3, -0.25) is 0 Å². The lowest BCUT2D eigenvalue weighted by molar-refractivity contribution is 0.0206. The standard InChI is InChI=1S/C14H16O3/c1-5-6-11-7-9-12(10-8-11)16-13(15)17-14(2,3)4/h5,7-10H,1H2,2-4H3. The third-order valence-corrected chi connectivity index (χ3v) is 1.71. The minimum Gasteiger partial charge on any atom is -0.428 e. The molecule has 0 aromatic heterocycles. The first-order valence-corrected chi connectivity index (χ1v) is 5.29. The van der Waals surface area contributed by atoms with Crippen molar-refractivity contribution in [2.45, 2.75) is 26.4 Å². The van der Waals surface area contributed by atoms with Crippen LogP contribution in [0.2, 0.25) is 0 Å². The number of rotatable bonds is 3. The summed E-state index contributed by atoms with van der Waals surface area (Å²) in [6, 6.07) is 6.91. The third kappa shape index (κ3) is 5.20. The maximum Gasteiger partial charge on any atom is 0.514 e. The Kier molecular flexibility index (Phi) is 4.32. The van der Waals surface area contributed by atoms with E-state index in [2.05, 4.69) is 13.0 Å². The summed E-state index contributed by atoms with van der Waals surface area (Å²) in [6.07, 6.45) is 3.79. The van der Waals surface area contributed by atoms with Gasteiger partial charge in [0.05, 0.1) is 0 Å². The van der Waals surface area contributed by atoms with Gasteiger partial charge in [0, 0.05) is 6.42 Å². The Hall–Kier alpha value is -1.77. The molecule has 1 aromatic carbocycles. The molecule has 0 aliphatic carbocycles. The molecular weight excluding hydrogens is 216 g/mol. The van der Waals surface area contributed by atoms with Crippen LogP contribution in [0, 0.1) is 6.42 Å². The topological polar surface area (TPSA) is 35.5 Å². The fraction of sp³-hybridized carbons (Fsp3) is 0.286. The smallest absolute Gasteiger partial charge is 0.428 e. The minimum absolute atomic E-state index is 0.439. The summed E-state index contributed by atoms with van der Waals surface area (Å²) in [4.78, 5) is 11.4. The van der Waals surface area contributed by atoms with Crippen LogP contribution in [0.15, 0.2) is 36.9 Å². The summed E-state index contributed by atoms with van der Waals surface area (Å²) < 4.78 is 10.0. The molecule has 1 rings (SSSR count). The van der Waals surface area contributed by atoms with Crippen LogP contribution >= 0.6 is 0 Å². The Morgan fingerprint density at radius 2 is 1.88 bits per heavy atom. The van der Waals surface area contributed by atoms with Gasteiger partial charge >= 0.3 is 6.16 Å². The average molecular weight is 232 g/mol. The molecule has 2 radical (unpaired) electrons.